The highest BCUT2D eigenvalue weighted by molar-refractivity contribution is 6.35. The predicted octanol–water partition coefficient (Wildman–Crippen LogP) is 7.15. The van der Waals surface area contributed by atoms with Crippen LogP contribution in [0.25, 0.3) is 0 Å². The van der Waals surface area contributed by atoms with Gasteiger partial charge in [0.25, 0.3) is 0 Å². The van der Waals surface area contributed by atoms with Gasteiger partial charge in [-0.05, 0) is 46.5 Å². The van der Waals surface area contributed by atoms with Gasteiger partial charge in [0.2, 0.25) is 11.8 Å². The lowest BCUT2D eigenvalue weighted by molar-refractivity contribution is -0.140. The number of carbonyl (C=O) groups excluding carboxylic acids is 2. The van der Waals surface area contributed by atoms with E-state index in [1.165, 1.54) is 0 Å². The van der Waals surface area contributed by atoms with Gasteiger partial charge in [-0.3, -0.25) is 9.59 Å². The second kappa shape index (κ2) is 13.5. The van der Waals surface area contributed by atoms with Crippen LogP contribution in [-0.4, -0.2) is 22.8 Å². The Hall–Kier alpha value is -3.31. The average molecular weight is 566 g/mol. The van der Waals surface area contributed by atoms with E-state index >= 15 is 0 Å². The van der Waals surface area contributed by atoms with Gasteiger partial charge in [-0.15, -0.1) is 0 Å². The van der Waals surface area contributed by atoms with Crippen molar-refractivity contribution in [3.05, 3.63) is 140 Å². The number of nitrogens with one attached hydrogen (secondary N) is 1. The maximum absolute atomic E-state index is 13.8. The fourth-order valence-electron chi connectivity index (χ4n) is 4.18. The van der Waals surface area contributed by atoms with E-state index in [0.717, 1.165) is 22.3 Å². The molecule has 7 heteroatoms. The third-order valence-corrected chi connectivity index (χ3v) is 7.04. The average Bonchev–Trinajstić information content (AvgIpc) is 2.92. The molecule has 0 radical (unpaired) electrons. The van der Waals surface area contributed by atoms with Gasteiger partial charge in [-0.1, -0.05) is 114 Å². The smallest absolute Gasteiger partial charge is 0.243 e. The molecule has 4 rings (SSSR count). The summed E-state index contributed by atoms with van der Waals surface area (Å²) in [5, 5.41) is 4.59. The molecule has 4 aromatic carbocycles. The maximum Gasteiger partial charge on any atom is 0.243 e. The van der Waals surface area contributed by atoms with Crippen LogP contribution in [0.3, 0.4) is 0 Å². The summed E-state index contributed by atoms with van der Waals surface area (Å²) < 4.78 is 0. The monoisotopic (exact) mass is 564 g/mol. The van der Waals surface area contributed by atoms with Crippen molar-refractivity contribution in [2.75, 3.05) is 0 Å². The van der Waals surface area contributed by atoms with E-state index in [1.54, 1.807) is 35.2 Å². The van der Waals surface area contributed by atoms with Crippen molar-refractivity contribution in [1.29, 1.82) is 0 Å². The van der Waals surface area contributed by atoms with Gasteiger partial charge in [0.05, 0.1) is 6.42 Å². The van der Waals surface area contributed by atoms with Gasteiger partial charge in [-0.25, -0.2) is 0 Å². The van der Waals surface area contributed by atoms with Crippen LogP contribution in [0, 0.1) is 0 Å². The van der Waals surface area contributed by atoms with Crippen molar-refractivity contribution in [3.63, 3.8) is 0 Å². The fraction of sp³-hybridized carbons (Fsp3) is 0.161. The SMILES string of the molecule is O=C(NCc1ccc(Cl)cc1Cl)[C@@H](Cc1ccccc1)N(Cc1ccccc1)C(=O)Cc1ccc(Cl)cc1. The van der Waals surface area contributed by atoms with E-state index in [4.69, 9.17) is 34.8 Å². The molecule has 2 amide bonds. The molecule has 0 aromatic heterocycles. The molecule has 0 saturated carbocycles. The van der Waals surface area contributed by atoms with Crippen molar-refractivity contribution in [2.24, 2.45) is 0 Å². The van der Waals surface area contributed by atoms with E-state index < -0.39 is 6.04 Å². The highest BCUT2D eigenvalue weighted by Gasteiger charge is 2.30. The summed E-state index contributed by atoms with van der Waals surface area (Å²) in [6.07, 6.45) is 0.506. The predicted molar refractivity (Wildman–Crippen MR) is 154 cm³/mol. The van der Waals surface area contributed by atoms with Crippen LogP contribution in [0.15, 0.2) is 103 Å². The molecule has 1 N–H and O–H groups in total. The number of nitrogens with zero attached hydrogens (tertiary/aromatic N) is 1. The molecule has 0 bridgehead atoms. The van der Waals surface area contributed by atoms with Crippen molar-refractivity contribution in [1.82, 2.24) is 10.2 Å². The van der Waals surface area contributed by atoms with Crippen molar-refractivity contribution >= 4 is 46.6 Å². The minimum atomic E-state index is -0.747. The van der Waals surface area contributed by atoms with E-state index in [1.807, 2.05) is 72.8 Å². The minimum Gasteiger partial charge on any atom is -0.350 e. The lowest BCUT2D eigenvalue weighted by Gasteiger charge is -2.32. The standard InChI is InChI=1S/C31H27Cl3N2O2/c32-26-14-11-23(12-15-26)18-30(37)36(21-24-9-5-2-6-10-24)29(17-22-7-3-1-4-8-22)31(38)35-20-25-13-16-27(33)19-28(25)34/h1-16,19,29H,17-18,20-21H2,(H,35,38)/t29-/m1/s1. The Kier molecular flexibility index (Phi) is 9.83. The molecule has 0 aliphatic carbocycles. The normalized spacial score (nSPS) is 11.6. The summed E-state index contributed by atoms with van der Waals surface area (Å²) in [6, 6.07) is 31.0. The summed E-state index contributed by atoms with van der Waals surface area (Å²) in [6.45, 7) is 0.505. The molecule has 194 valence electrons. The third-order valence-electron chi connectivity index (χ3n) is 6.20. The van der Waals surface area contributed by atoms with Crippen LogP contribution in [0.2, 0.25) is 15.1 Å². The molecular weight excluding hydrogens is 539 g/mol. The van der Waals surface area contributed by atoms with Gasteiger partial charge in [0, 0.05) is 34.6 Å². The largest absolute Gasteiger partial charge is 0.350 e. The highest BCUT2D eigenvalue weighted by Crippen LogP contribution is 2.22. The topological polar surface area (TPSA) is 49.4 Å². The lowest BCUT2D eigenvalue weighted by atomic mass is 10.0. The quantitative estimate of drug-likeness (QED) is 0.222. The number of hydrogen-bond acceptors (Lipinski definition) is 2. The summed E-state index contributed by atoms with van der Waals surface area (Å²) in [4.78, 5) is 29.2. The maximum atomic E-state index is 13.8. The van der Waals surface area contributed by atoms with Gasteiger partial charge in [-0.2, -0.15) is 0 Å². The van der Waals surface area contributed by atoms with Crippen LogP contribution in [0.4, 0.5) is 0 Å². The molecule has 0 heterocycles. The first-order valence-electron chi connectivity index (χ1n) is 12.2. The summed E-state index contributed by atoms with van der Waals surface area (Å²) >= 11 is 18.4. The number of carbonyl (C=O) groups is 2. The number of hydrogen-bond donors (Lipinski definition) is 1. The Morgan fingerprint density at radius 1 is 0.711 bits per heavy atom. The molecule has 38 heavy (non-hydrogen) atoms. The first-order chi connectivity index (χ1) is 18.4. The van der Waals surface area contributed by atoms with Crippen LogP contribution < -0.4 is 5.32 Å². The van der Waals surface area contributed by atoms with Gasteiger partial charge in [0.1, 0.15) is 6.04 Å². The molecule has 1 atom stereocenters. The van der Waals surface area contributed by atoms with E-state index in [0.29, 0.717) is 28.0 Å². The molecule has 0 spiro atoms. The van der Waals surface area contributed by atoms with Crippen LogP contribution in [-0.2, 0) is 35.5 Å². The second-order valence-corrected chi connectivity index (χ2v) is 10.2. The van der Waals surface area contributed by atoms with Crippen LogP contribution in [0.5, 0.6) is 0 Å². The van der Waals surface area contributed by atoms with Crippen molar-refractivity contribution in [3.8, 4) is 0 Å². The van der Waals surface area contributed by atoms with Crippen molar-refractivity contribution in [2.45, 2.75) is 32.0 Å². The lowest BCUT2D eigenvalue weighted by Crippen LogP contribution is -2.50. The number of amides is 2. The molecular formula is C31H27Cl3N2O2. The summed E-state index contributed by atoms with van der Waals surface area (Å²) in [5.74, 6) is -0.419. The Bertz CT molecular complexity index is 1360. The molecule has 0 aliphatic rings. The fourth-order valence-corrected chi connectivity index (χ4v) is 4.78. The zero-order chi connectivity index (χ0) is 26.9. The summed E-state index contributed by atoms with van der Waals surface area (Å²) in [7, 11) is 0. The van der Waals surface area contributed by atoms with Gasteiger partial charge < -0.3 is 10.2 Å². The number of rotatable bonds is 10. The minimum absolute atomic E-state index is 0.144. The molecule has 0 aliphatic heterocycles. The Morgan fingerprint density at radius 3 is 1.95 bits per heavy atom. The van der Waals surface area contributed by atoms with Crippen LogP contribution in [0.1, 0.15) is 22.3 Å². The number of halogens is 3. The Balaban J connectivity index is 1.64. The highest BCUT2D eigenvalue weighted by atomic mass is 35.5. The molecule has 0 unspecified atom stereocenters. The van der Waals surface area contributed by atoms with E-state index in [9.17, 15) is 9.59 Å². The first kappa shape index (κ1) is 27.7. The van der Waals surface area contributed by atoms with Gasteiger partial charge >= 0.3 is 0 Å². The van der Waals surface area contributed by atoms with Crippen molar-refractivity contribution < 1.29 is 9.59 Å². The molecule has 0 fully saturated rings. The molecule has 4 aromatic rings. The molecule has 0 saturated heterocycles. The summed E-state index contributed by atoms with van der Waals surface area (Å²) in [5.41, 5.74) is 3.45. The zero-order valence-electron chi connectivity index (χ0n) is 20.6. The molecule has 4 nitrogen and oxygen atoms in total. The Labute approximate surface area is 238 Å². The van der Waals surface area contributed by atoms with E-state index in [-0.39, 0.29) is 24.8 Å². The van der Waals surface area contributed by atoms with E-state index in [2.05, 4.69) is 5.32 Å². The third kappa shape index (κ3) is 7.84. The van der Waals surface area contributed by atoms with Gasteiger partial charge in [0.15, 0.2) is 0 Å². The number of benzene rings is 4. The Morgan fingerprint density at radius 2 is 1.32 bits per heavy atom. The van der Waals surface area contributed by atoms with Crippen LogP contribution >= 0.6 is 34.8 Å². The zero-order valence-corrected chi connectivity index (χ0v) is 22.9. The first-order valence-corrected chi connectivity index (χ1v) is 13.4. The second-order valence-electron chi connectivity index (χ2n) is 8.97.